The second-order valence-corrected chi connectivity index (χ2v) is 7.71. The van der Waals surface area contributed by atoms with Crippen molar-refractivity contribution in [1.29, 1.82) is 0 Å². The Kier molecular flexibility index (Phi) is 5.97. The summed E-state index contributed by atoms with van der Waals surface area (Å²) in [6.07, 6.45) is 4.94. The number of aryl methyl sites for hydroxylation is 2. The number of piperazine rings is 1. The van der Waals surface area contributed by atoms with Gasteiger partial charge in [0.25, 0.3) is 0 Å². The summed E-state index contributed by atoms with van der Waals surface area (Å²) in [4.78, 5) is 16.9. The van der Waals surface area contributed by atoms with Crippen molar-refractivity contribution in [1.82, 2.24) is 20.4 Å². The zero-order valence-electron chi connectivity index (χ0n) is 15.8. The molecule has 1 saturated heterocycles. The number of nitrogens with zero attached hydrogens (tertiary/aromatic N) is 2. The highest BCUT2D eigenvalue weighted by atomic mass is 16.2. The third-order valence-corrected chi connectivity index (χ3v) is 5.70. The molecule has 0 radical (unpaired) electrons. The highest BCUT2D eigenvalue weighted by Crippen LogP contribution is 2.24. The fourth-order valence-electron chi connectivity index (χ4n) is 3.89. The number of amides is 2. The molecular weight excluding hydrogens is 312 g/mol. The molecule has 0 saturated carbocycles. The number of nitrogens with one attached hydrogen (secondary N) is 2. The first-order chi connectivity index (χ1) is 12.0. The fourth-order valence-corrected chi connectivity index (χ4v) is 3.89. The number of rotatable bonds is 4. The summed E-state index contributed by atoms with van der Waals surface area (Å²) < 4.78 is 0. The van der Waals surface area contributed by atoms with Gasteiger partial charge in [0.15, 0.2) is 0 Å². The number of benzene rings is 1. The van der Waals surface area contributed by atoms with Crippen LogP contribution in [0.4, 0.5) is 4.79 Å². The number of likely N-dealkylation sites (N-methyl/N-ethyl adjacent to an activating group) is 2. The van der Waals surface area contributed by atoms with E-state index in [1.807, 2.05) is 0 Å². The van der Waals surface area contributed by atoms with Crippen molar-refractivity contribution in [2.24, 2.45) is 0 Å². The number of hydrogen-bond donors (Lipinski definition) is 2. The van der Waals surface area contributed by atoms with Gasteiger partial charge in [0.05, 0.1) is 6.04 Å². The lowest BCUT2D eigenvalue weighted by molar-refractivity contribution is 0.114. The third-order valence-electron chi connectivity index (χ3n) is 5.70. The maximum absolute atomic E-state index is 12.3. The molecule has 0 aromatic heterocycles. The Morgan fingerprint density at radius 1 is 1.20 bits per heavy atom. The van der Waals surface area contributed by atoms with Gasteiger partial charge < -0.3 is 15.5 Å². The van der Waals surface area contributed by atoms with Crippen LogP contribution in [0.1, 0.15) is 42.5 Å². The third kappa shape index (κ3) is 4.73. The van der Waals surface area contributed by atoms with Gasteiger partial charge in [-0.1, -0.05) is 18.2 Å². The van der Waals surface area contributed by atoms with Gasteiger partial charge in [0.1, 0.15) is 0 Å². The first-order valence-corrected chi connectivity index (χ1v) is 9.58. The van der Waals surface area contributed by atoms with Crippen LogP contribution in [0.25, 0.3) is 0 Å². The first-order valence-electron chi connectivity index (χ1n) is 9.58. The summed E-state index contributed by atoms with van der Waals surface area (Å²) in [6, 6.07) is 7.02. The van der Waals surface area contributed by atoms with E-state index in [1.54, 1.807) is 0 Å². The summed E-state index contributed by atoms with van der Waals surface area (Å²) >= 11 is 0. The molecule has 1 heterocycles. The van der Waals surface area contributed by atoms with Crippen LogP contribution in [-0.4, -0.2) is 62.1 Å². The van der Waals surface area contributed by atoms with Crippen molar-refractivity contribution in [3.05, 3.63) is 34.9 Å². The molecule has 138 valence electrons. The van der Waals surface area contributed by atoms with E-state index in [9.17, 15) is 4.79 Å². The van der Waals surface area contributed by atoms with Gasteiger partial charge in [-0.2, -0.15) is 0 Å². The molecule has 0 spiro atoms. The van der Waals surface area contributed by atoms with Crippen molar-refractivity contribution >= 4 is 6.03 Å². The molecule has 2 aliphatic rings. The highest BCUT2D eigenvalue weighted by Gasteiger charge is 2.22. The average Bonchev–Trinajstić information content (AvgIpc) is 2.62. The van der Waals surface area contributed by atoms with Crippen LogP contribution in [0.5, 0.6) is 0 Å². The number of carbonyl (C=O) groups is 1. The molecule has 1 aliphatic carbocycles. The molecule has 1 aromatic carbocycles. The van der Waals surface area contributed by atoms with Crippen LogP contribution in [-0.2, 0) is 12.8 Å². The fraction of sp³-hybridized carbons (Fsp3) is 0.650. The summed E-state index contributed by atoms with van der Waals surface area (Å²) in [7, 11) is 4.27. The maximum atomic E-state index is 12.3. The predicted octanol–water partition coefficient (Wildman–Crippen LogP) is 2.17. The van der Waals surface area contributed by atoms with E-state index >= 15 is 0 Å². The standard InChI is InChI=1S/C20H32N4O/c1-15(17-9-8-16-6-4-5-7-18(16)12-17)22-20(25)21-13-19-14-23(2)10-11-24(19)3/h8-9,12,15,19H,4-7,10-11,13-14H2,1-3H3,(H2,21,22,25)/t15-,19-/m0/s1. The Labute approximate surface area is 151 Å². The molecule has 1 aliphatic heterocycles. The van der Waals surface area contributed by atoms with Crippen LogP contribution in [0.2, 0.25) is 0 Å². The second-order valence-electron chi connectivity index (χ2n) is 7.71. The summed E-state index contributed by atoms with van der Waals surface area (Å²) in [5.74, 6) is 0. The molecule has 0 bridgehead atoms. The van der Waals surface area contributed by atoms with Crippen LogP contribution < -0.4 is 10.6 Å². The SMILES string of the molecule is C[C@H](NC(=O)NC[C@H]1CN(C)CCN1C)c1ccc2c(c1)CCCC2. The van der Waals surface area contributed by atoms with Crippen LogP contribution >= 0.6 is 0 Å². The zero-order valence-corrected chi connectivity index (χ0v) is 15.8. The minimum absolute atomic E-state index is 0.0268. The van der Waals surface area contributed by atoms with Gasteiger partial charge in [0.2, 0.25) is 0 Å². The Balaban J connectivity index is 1.50. The van der Waals surface area contributed by atoms with Crippen LogP contribution in [0, 0.1) is 0 Å². The van der Waals surface area contributed by atoms with Gasteiger partial charge in [-0.05, 0) is 63.4 Å². The number of hydrogen-bond acceptors (Lipinski definition) is 3. The highest BCUT2D eigenvalue weighted by molar-refractivity contribution is 5.74. The van der Waals surface area contributed by atoms with Crippen molar-refractivity contribution < 1.29 is 4.79 Å². The van der Waals surface area contributed by atoms with E-state index in [1.165, 1.54) is 42.4 Å². The Bertz CT molecular complexity index is 603. The summed E-state index contributed by atoms with van der Waals surface area (Å²) in [5.41, 5.74) is 4.14. The molecule has 2 atom stereocenters. The normalized spacial score (nSPS) is 22.9. The molecule has 5 nitrogen and oxygen atoms in total. The largest absolute Gasteiger partial charge is 0.337 e. The van der Waals surface area contributed by atoms with E-state index in [4.69, 9.17) is 0 Å². The van der Waals surface area contributed by atoms with Crippen molar-refractivity contribution in [3.8, 4) is 0 Å². The Morgan fingerprint density at radius 3 is 2.76 bits per heavy atom. The topological polar surface area (TPSA) is 47.6 Å². The number of urea groups is 1. The quantitative estimate of drug-likeness (QED) is 0.880. The molecule has 1 aromatic rings. The molecule has 2 N–H and O–H groups in total. The molecule has 2 amide bonds. The molecule has 0 unspecified atom stereocenters. The van der Waals surface area contributed by atoms with E-state index in [2.05, 4.69) is 59.7 Å². The van der Waals surface area contributed by atoms with Gasteiger partial charge in [-0.25, -0.2) is 4.79 Å². The maximum Gasteiger partial charge on any atom is 0.315 e. The lowest BCUT2D eigenvalue weighted by Gasteiger charge is -2.37. The van der Waals surface area contributed by atoms with Crippen molar-refractivity contribution in [2.45, 2.75) is 44.7 Å². The second kappa shape index (κ2) is 8.19. The van der Waals surface area contributed by atoms with Crippen molar-refractivity contribution in [3.63, 3.8) is 0 Å². The zero-order chi connectivity index (χ0) is 17.8. The Morgan fingerprint density at radius 2 is 1.96 bits per heavy atom. The lowest BCUT2D eigenvalue weighted by atomic mass is 9.89. The van der Waals surface area contributed by atoms with Crippen LogP contribution in [0.15, 0.2) is 18.2 Å². The summed E-state index contributed by atoms with van der Waals surface area (Å²) in [6.45, 7) is 5.88. The van der Waals surface area contributed by atoms with E-state index < -0.39 is 0 Å². The van der Waals surface area contributed by atoms with Gasteiger partial charge in [-0.15, -0.1) is 0 Å². The average molecular weight is 345 g/mol. The molecule has 3 rings (SSSR count). The first kappa shape index (κ1) is 18.2. The van der Waals surface area contributed by atoms with Gasteiger partial charge in [0, 0.05) is 32.2 Å². The monoisotopic (exact) mass is 344 g/mol. The molecule has 1 fully saturated rings. The molecule has 25 heavy (non-hydrogen) atoms. The number of fused-ring (bicyclic) bond motifs is 1. The molecular formula is C20H32N4O. The summed E-state index contributed by atoms with van der Waals surface area (Å²) in [5, 5.41) is 6.13. The minimum Gasteiger partial charge on any atom is -0.337 e. The van der Waals surface area contributed by atoms with E-state index in [0.717, 1.165) is 19.6 Å². The van der Waals surface area contributed by atoms with Gasteiger partial charge >= 0.3 is 6.03 Å². The van der Waals surface area contributed by atoms with Crippen LogP contribution in [0.3, 0.4) is 0 Å². The molecule has 5 heteroatoms. The van der Waals surface area contributed by atoms with Gasteiger partial charge in [-0.3, -0.25) is 4.90 Å². The van der Waals surface area contributed by atoms with E-state index in [-0.39, 0.29) is 12.1 Å². The lowest BCUT2D eigenvalue weighted by Crippen LogP contribution is -2.55. The smallest absolute Gasteiger partial charge is 0.315 e. The van der Waals surface area contributed by atoms with E-state index in [0.29, 0.717) is 12.6 Å². The van der Waals surface area contributed by atoms with Crippen molar-refractivity contribution in [2.75, 3.05) is 40.3 Å². The number of carbonyl (C=O) groups excluding carboxylic acids is 1. The minimum atomic E-state index is -0.0770. The Hall–Kier alpha value is -1.59. The predicted molar refractivity (Wildman–Crippen MR) is 102 cm³/mol.